The number of carbonyl (C=O) groups excluding carboxylic acids is 1. The van der Waals surface area contributed by atoms with Crippen molar-refractivity contribution in [3.8, 4) is 0 Å². The molecule has 0 spiro atoms. The first-order valence-electron chi connectivity index (χ1n) is 10.1. The molecule has 0 saturated heterocycles. The van der Waals surface area contributed by atoms with Crippen LogP contribution < -0.4 is 5.32 Å². The molecule has 4 fully saturated rings. The van der Waals surface area contributed by atoms with Crippen molar-refractivity contribution in [1.29, 1.82) is 0 Å². The lowest BCUT2D eigenvalue weighted by atomic mass is 9.49. The fourth-order valence-electron chi connectivity index (χ4n) is 6.52. The molecule has 5 aliphatic rings. The molecule has 5 nitrogen and oxygen atoms in total. The van der Waals surface area contributed by atoms with Gasteiger partial charge in [-0.25, -0.2) is 0 Å². The van der Waals surface area contributed by atoms with Gasteiger partial charge in [-0.1, -0.05) is 0 Å². The highest BCUT2D eigenvalue weighted by Crippen LogP contribution is 2.60. The SMILES string of the molecule is O=C(NCc1nnc2n1CC(C(F)(F)F)CC2)C12CC3CC(CC(C3)C1)C2. The molecule has 0 aromatic carbocycles. The maximum absolute atomic E-state index is 13.1. The average Bonchev–Trinajstić information content (AvgIpc) is 3.00. The number of aryl methyl sites for hydroxylation is 1. The zero-order chi connectivity index (χ0) is 18.8. The zero-order valence-corrected chi connectivity index (χ0v) is 15.3. The lowest BCUT2D eigenvalue weighted by Gasteiger charge is -2.55. The summed E-state index contributed by atoms with van der Waals surface area (Å²) in [6.07, 6.45) is 2.84. The second-order valence-corrected chi connectivity index (χ2v) is 9.30. The van der Waals surface area contributed by atoms with Crippen LogP contribution in [0.15, 0.2) is 0 Å². The van der Waals surface area contributed by atoms with E-state index in [2.05, 4.69) is 15.5 Å². The summed E-state index contributed by atoms with van der Waals surface area (Å²) in [7, 11) is 0. The van der Waals surface area contributed by atoms with Crippen molar-refractivity contribution < 1.29 is 18.0 Å². The smallest absolute Gasteiger partial charge is 0.348 e. The molecule has 0 radical (unpaired) electrons. The highest BCUT2D eigenvalue weighted by Gasteiger charge is 2.54. The van der Waals surface area contributed by atoms with Crippen molar-refractivity contribution in [1.82, 2.24) is 20.1 Å². The van der Waals surface area contributed by atoms with Crippen LogP contribution in [0.4, 0.5) is 13.2 Å². The molecule has 148 valence electrons. The minimum Gasteiger partial charge on any atom is -0.348 e. The molecule has 8 heteroatoms. The highest BCUT2D eigenvalue weighted by atomic mass is 19.4. The van der Waals surface area contributed by atoms with E-state index in [0.29, 0.717) is 29.4 Å². The molecule has 4 saturated carbocycles. The van der Waals surface area contributed by atoms with Crippen molar-refractivity contribution in [2.45, 2.75) is 70.6 Å². The van der Waals surface area contributed by atoms with E-state index < -0.39 is 12.1 Å². The fourth-order valence-corrected chi connectivity index (χ4v) is 6.52. The summed E-state index contributed by atoms with van der Waals surface area (Å²) in [5.74, 6) is 1.77. The quantitative estimate of drug-likeness (QED) is 0.873. The van der Waals surface area contributed by atoms with Crippen molar-refractivity contribution in [2.24, 2.45) is 29.1 Å². The van der Waals surface area contributed by atoms with Crippen LogP contribution in [-0.4, -0.2) is 26.8 Å². The number of fused-ring (bicyclic) bond motifs is 1. The Bertz CT molecular complexity index is 721. The average molecular weight is 382 g/mol. The topological polar surface area (TPSA) is 59.8 Å². The number of carbonyl (C=O) groups is 1. The molecule has 1 amide bonds. The molecule has 1 aromatic rings. The second kappa shape index (κ2) is 5.95. The van der Waals surface area contributed by atoms with E-state index >= 15 is 0 Å². The molecule has 1 aliphatic heterocycles. The van der Waals surface area contributed by atoms with Gasteiger partial charge in [-0.2, -0.15) is 13.2 Å². The van der Waals surface area contributed by atoms with Crippen molar-refractivity contribution in [3.63, 3.8) is 0 Å². The van der Waals surface area contributed by atoms with Gasteiger partial charge in [0, 0.05) is 18.4 Å². The molecular formula is C19H25F3N4O. The number of nitrogens with zero attached hydrogens (tertiary/aromatic N) is 3. The Labute approximate surface area is 156 Å². The van der Waals surface area contributed by atoms with E-state index in [1.54, 1.807) is 4.57 Å². The van der Waals surface area contributed by atoms with Gasteiger partial charge < -0.3 is 9.88 Å². The summed E-state index contributed by atoms with van der Waals surface area (Å²) in [5.41, 5.74) is -0.256. The van der Waals surface area contributed by atoms with Gasteiger partial charge in [-0.3, -0.25) is 4.79 Å². The number of hydrogen-bond acceptors (Lipinski definition) is 3. The van der Waals surface area contributed by atoms with Gasteiger partial charge in [0.2, 0.25) is 5.91 Å². The molecule has 4 bridgehead atoms. The molecular weight excluding hydrogens is 357 g/mol. The van der Waals surface area contributed by atoms with Crippen LogP contribution in [0.1, 0.15) is 56.6 Å². The molecule has 1 aromatic heterocycles. The van der Waals surface area contributed by atoms with E-state index in [9.17, 15) is 18.0 Å². The Hall–Kier alpha value is -1.60. The minimum atomic E-state index is -4.21. The molecule has 1 N–H and O–H groups in total. The Morgan fingerprint density at radius 2 is 1.74 bits per heavy atom. The van der Waals surface area contributed by atoms with Crippen LogP contribution in [0, 0.1) is 29.1 Å². The fraction of sp³-hybridized carbons (Fsp3) is 0.842. The van der Waals surface area contributed by atoms with E-state index in [-0.39, 0.29) is 37.3 Å². The molecule has 1 unspecified atom stereocenters. The van der Waals surface area contributed by atoms with Gasteiger partial charge in [0.1, 0.15) is 5.82 Å². The molecule has 1 atom stereocenters. The summed E-state index contributed by atoms with van der Waals surface area (Å²) in [6.45, 7) is 0.0204. The Morgan fingerprint density at radius 1 is 1.11 bits per heavy atom. The van der Waals surface area contributed by atoms with Crippen molar-refractivity contribution >= 4 is 5.91 Å². The molecule has 2 heterocycles. The van der Waals surface area contributed by atoms with Crippen LogP contribution in [-0.2, 0) is 24.3 Å². The molecule has 27 heavy (non-hydrogen) atoms. The van der Waals surface area contributed by atoms with Gasteiger partial charge in [0.25, 0.3) is 0 Å². The molecule has 6 rings (SSSR count). The minimum absolute atomic E-state index is 0.0568. The van der Waals surface area contributed by atoms with Crippen molar-refractivity contribution in [3.05, 3.63) is 11.6 Å². The van der Waals surface area contributed by atoms with Crippen LogP contribution in [0.3, 0.4) is 0 Å². The lowest BCUT2D eigenvalue weighted by Crippen LogP contribution is -2.53. The Kier molecular flexibility index (Phi) is 3.85. The van der Waals surface area contributed by atoms with Gasteiger partial charge in [0.05, 0.1) is 12.5 Å². The number of nitrogens with one attached hydrogen (secondary N) is 1. The summed E-state index contributed by atoms with van der Waals surface area (Å²) < 4.78 is 40.8. The summed E-state index contributed by atoms with van der Waals surface area (Å²) in [4.78, 5) is 13.0. The van der Waals surface area contributed by atoms with Gasteiger partial charge >= 0.3 is 6.18 Å². The predicted molar refractivity (Wildman–Crippen MR) is 90.3 cm³/mol. The maximum atomic E-state index is 13.1. The summed E-state index contributed by atoms with van der Waals surface area (Å²) in [5, 5.41) is 11.1. The van der Waals surface area contributed by atoms with E-state index in [1.165, 1.54) is 19.3 Å². The van der Waals surface area contributed by atoms with E-state index in [1.807, 2.05) is 0 Å². The number of alkyl halides is 3. The van der Waals surface area contributed by atoms with E-state index in [4.69, 9.17) is 0 Å². The van der Waals surface area contributed by atoms with Crippen LogP contribution in [0.5, 0.6) is 0 Å². The monoisotopic (exact) mass is 382 g/mol. The largest absolute Gasteiger partial charge is 0.393 e. The zero-order valence-electron chi connectivity index (χ0n) is 15.3. The van der Waals surface area contributed by atoms with Gasteiger partial charge in [-0.15, -0.1) is 10.2 Å². The number of aromatic nitrogens is 3. The Morgan fingerprint density at radius 3 is 2.33 bits per heavy atom. The van der Waals surface area contributed by atoms with Gasteiger partial charge in [-0.05, 0) is 62.7 Å². The second-order valence-electron chi connectivity index (χ2n) is 9.30. The number of halogens is 3. The van der Waals surface area contributed by atoms with Crippen LogP contribution in [0.2, 0.25) is 0 Å². The standard InChI is InChI=1S/C19H25F3N4O/c20-19(21,22)14-1-2-15-24-25-16(26(15)10-14)9-23-17(27)18-6-11-3-12(7-18)5-13(4-11)8-18/h11-14H,1-10H2,(H,23,27). The normalized spacial score (nSPS) is 37.3. The third kappa shape index (κ3) is 2.95. The van der Waals surface area contributed by atoms with Gasteiger partial charge in [0.15, 0.2) is 5.82 Å². The third-order valence-electron chi connectivity index (χ3n) is 7.41. The van der Waals surface area contributed by atoms with Crippen LogP contribution >= 0.6 is 0 Å². The summed E-state index contributed by atoms with van der Waals surface area (Å²) in [6, 6.07) is 0. The Balaban J connectivity index is 1.28. The first-order chi connectivity index (χ1) is 12.8. The first-order valence-corrected chi connectivity index (χ1v) is 10.1. The molecule has 4 aliphatic carbocycles. The third-order valence-corrected chi connectivity index (χ3v) is 7.41. The number of hydrogen-bond donors (Lipinski definition) is 1. The number of amides is 1. The van der Waals surface area contributed by atoms with Crippen LogP contribution in [0.25, 0.3) is 0 Å². The number of rotatable bonds is 3. The predicted octanol–water partition coefficient (Wildman–Crippen LogP) is 3.24. The maximum Gasteiger partial charge on any atom is 0.393 e. The highest BCUT2D eigenvalue weighted by molar-refractivity contribution is 5.83. The van der Waals surface area contributed by atoms with E-state index in [0.717, 1.165) is 19.3 Å². The summed E-state index contributed by atoms with van der Waals surface area (Å²) >= 11 is 0. The lowest BCUT2D eigenvalue weighted by molar-refractivity contribution is -0.182. The first kappa shape index (κ1) is 17.5. The van der Waals surface area contributed by atoms with Crippen molar-refractivity contribution in [2.75, 3.05) is 0 Å².